The smallest absolute Gasteiger partial charge is 0.152 e. The summed E-state index contributed by atoms with van der Waals surface area (Å²) in [6.07, 6.45) is 6.78. The third kappa shape index (κ3) is 9.15. The van der Waals surface area contributed by atoms with Crippen LogP contribution in [0.2, 0.25) is 5.02 Å². The van der Waals surface area contributed by atoms with Crippen molar-refractivity contribution in [3.63, 3.8) is 0 Å². The number of aldehydes is 3. The number of aliphatic hydroxyl groups is 1. The van der Waals surface area contributed by atoms with Gasteiger partial charge in [0.05, 0.1) is 29.2 Å². The maximum absolute atomic E-state index is 12.0. The molecule has 2 unspecified atom stereocenters. The van der Waals surface area contributed by atoms with E-state index in [1.165, 1.54) is 12.8 Å². The summed E-state index contributed by atoms with van der Waals surface area (Å²) in [4.78, 5) is 36.7. The van der Waals surface area contributed by atoms with E-state index in [-0.39, 0.29) is 17.7 Å². The second-order valence-corrected chi connectivity index (χ2v) is 10.4. The molecule has 10 nitrogen and oxygen atoms in total. The van der Waals surface area contributed by atoms with E-state index in [0.717, 1.165) is 13.2 Å². The predicted octanol–water partition coefficient (Wildman–Crippen LogP) is 3.36. The summed E-state index contributed by atoms with van der Waals surface area (Å²) >= 11 is 6.00. The first kappa shape index (κ1) is 31.8. The number of nitrogens with zero attached hydrogens (tertiary/aromatic N) is 1. The number of aliphatic hydroxyl groups excluding tert-OH is 1. The van der Waals surface area contributed by atoms with Gasteiger partial charge in [-0.25, -0.2) is 0 Å². The zero-order chi connectivity index (χ0) is 29.8. The van der Waals surface area contributed by atoms with Crippen molar-refractivity contribution >= 4 is 41.8 Å². The molecule has 5 N–H and O–H groups in total. The molecule has 2 aromatic rings. The largest absolute Gasteiger partial charge is 0.394 e. The van der Waals surface area contributed by atoms with Crippen molar-refractivity contribution in [2.45, 2.75) is 31.2 Å². The zero-order valence-corrected chi connectivity index (χ0v) is 24.3. The van der Waals surface area contributed by atoms with E-state index < -0.39 is 12.3 Å². The number of fused-ring (bicyclic) bond motifs is 1. The Bertz CT molecular complexity index is 1220. The Labute approximate surface area is 245 Å². The number of benzene rings is 2. The molecular formula is C30H38ClN5O5. The Morgan fingerprint density at radius 2 is 1.83 bits per heavy atom. The van der Waals surface area contributed by atoms with Gasteiger partial charge in [0.2, 0.25) is 0 Å². The molecule has 0 aliphatic carbocycles. The van der Waals surface area contributed by atoms with Crippen LogP contribution in [-0.4, -0.2) is 82.0 Å². The highest BCUT2D eigenvalue weighted by atomic mass is 35.5. The molecule has 2 aliphatic heterocycles. The van der Waals surface area contributed by atoms with Crippen molar-refractivity contribution in [1.82, 2.24) is 15.5 Å². The maximum atomic E-state index is 12.0. The molecule has 0 bridgehead atoms. The Hall–Kier alpha value is -3.70. The molecule has 4 rings (SSSR count). The van der Waals surface area contributed by atoms with E-state index in [4.69, 9.17) is 16.3 Å². The number of likely N-dealkylation sites (N-methyl/N-ethyl adjacent to an activating group) is 1. The molecule has 2 atom stereocenters. The van der Waals surface area contributed by atoms with Crippen LogP contribution in [-0.2, 0) is 9.53 Å². The molecule has 0 spiro atoms. The van der Waals surface area contributed by atoms with Gasteiger partial charge in [0, 0.05) is 48.6 Å². The summed E-state index contributed by atoms with van der Waals surface area (Å²) in [5.74, 6) is 0. The van der Waals surface area contributed by atoms with Crippen molar-refractivity contribution < 1.29 is 24.2 Å². The minimum atomic E-state index is -0.855. The normalized spacial score (nSPS) is 17.5. The lowest BCUT2D eigenvalue weighted by molar-refractivity contribution is -0.105. The van der Waals surface area contributed by atoms with Crippen LogP contribution in [0.4, 0.5) is 11.4 Å². The summed E-state index contributed by atoms with van der Waals surface area (Å²) in [5, 5.41) is 23.3. The number of halogens is 1. The molecular weight excluding hydrogens is 546 g/mol. The molecule has 11 heteroatoms. The average molecular weight is 584 g/mol. The van der Waals surface area contributed by atoms with Crippen molar-refractivity contribution in [3.05, 3.63) is 81.7 Å². The summed E-state index contributed by atoms with van der Waals surface area (Å²) < 4.78 is 5.42. The fraction of sp³-hybridized carbons (Fsp3) is 0.367. The molecule has 0 aromatic heterocycles. The Morgan fingerprint density at radius 1 is 1.15 bits per heavy atom. The number of hydrogen-bond acceptors (Lipinski definition) is 10. The standard InChI is InChI=1S/C23H23ClN4O4.C7H15NO/c1-25-6-5-19(26-10-22(32)14-3-2-4-17(24)7-14)18(13-31)23-27-20-8-15(11-29)16(12-30)9-21(20)28-23;1-8(2)6-7-4-3-5-9-7/h2-9,11-13,22-23,25-28,32H,10H2,1H3;7H,3-6H2,1-2H3/b6-5-,19-18-;. The number of anilines is 2. The van der Waals surface area contributed by atoms with Crippen molar-refractivity contribution in [3.8, 4) is 0 Å². The van der Waals surface area contributed by atoms with Gasteiger partial charge in [0.25, 0.3) is 0 Å². The van der Waals surface area contributed by atoms with Crippen molar-refractivity contribution in [1.29, 1.82) is 0 Å². The van der Waals surface area contributed by atoms with Gasteiger partial charge in [0.15, 0.2) is 18.9 Å². The number of hydrogen-bond donors (Lipinski definition) is 5. The molecule has 220 valence electrons. The number of carbonyl (C=O) groups is 3. The van der Waals surface area contributed by atoms with Gasteiger partial charge >= 0.3 is 0 Å². The van der Waals surface area contributed by atoms with Crippen LogP contribution in [0.25, 0.3) is 0 Å². The van der Waals surface area contributed by atoms with Gasteiger partial charge in [0.1, 0.15) is 6.17 Å². The number of rotatable bonds is 12. The summed E-state index contributed by atoms with van der Waals surface area (Å²) in [5.41, 5.74) is 3.15. The van der Waals surface area contributed by atoms with Gasteiger partial charge in [-0.3, -0.25) is 14.4 Å². The minimum Gasteiger partial charge on any atom is -0.394 e. The molecule has 1 fully saturated rings. The van der Waals surface area contributed by atoms with Crippen molar-refractivity contribution in [2.24, 2.45) is 0 Å². The van der Waals surface area contributed by atoms with Gasteiger partial charge < -0.3 is 36.0 Å². The monoisotopic (exact) mass is 583 g/mol. The van der Waals surface area contributed by atoms with Crippen molar-refractivity contribution in [2.75, 3.05) is 51.5 Å². The zero-order valence-electron chi connectivity index (χ0n) is 23.5. The first-order valence-electron chi connectivity index (χ1n) is 13.4. The topological polar surface area (TPSA) is 132 Å². The highest BCUT2D eigenvalue weighted by Gasteiger charge is 2.26. The molecule has 2 aromatic carbocycles. The van der Waals surface area contributed by atoms with E-state index in [2.05, 4.69) is 40.3 Å². The second-order valence-electron chi connectivity index (χ2n) is 9.94. The van der Waals surface area contributed by atoms with Crippen LogP contribution in [0.5, 0.6) is 0 Å². The number of carbonyl (C=O) groups excluding carboxylic acids is 3. The van der Waals surface area contributed by atoms with E-state index >= 15 is 0 Å². The van der Waals surface area contributed by atoms with Crippen LogP contribution in [0, 0.1) is 0 Å². The fourth-order valence-electron chi connectivity index (χ4n) is 4.52. The molecule has 2 heterocycles. The predicted molar refractivity (Wildman–Crippen MR) is 161 cm³/mol. The van der Waals surface area contributed by atoms with Crippen LogP contribution >= 0.6 is 11.6 Å². The van der Waals surface area contributed by atoms with E-state index in [1.807, 2.05) is 0 Å². The van der Waals surface area contributed by atoms with Crippen LogP contribution in [0.1, 0.15) is 45.2 Å². The summed E-state index contributed by atoms with van der Waals surface area (Å²) in [6, 6.07) is 10.0. The highest BCUT2D eigenvalue weighted by Crippen LogP contribution is 2.33. The fourth-order valence-corrected chi connectivity index (χ4v) is 4.72. The lowest BCUT2D eigenvalue weighted by Crippen LogP contribution is -2.31. The molecule has 0 saturated carbocycles. The van der Waals surface area contributed by atoms with E-state index in [1.54, 1.807) is 55.7 Å². The Balaban J connectivity index is 0.000000436. The maximum Gasteiger partial charge on any atom is 0.152 e. The highest BCUT2D eigenvalue weighted by molar-refractivity contribution is 6.30. The first-order valence-corrected chi connectivity index (χ1v) is 13.8. The number of allylic oxidation sites excluding steroid dienone is 1. The summed E-state index contributed by atoms with van der Waals surface area (Å²) in [7, 11) is 5.89. The first-order chi connectivity index (χ1) is 19.8. The van der Waals surface area contributed by atoms with Gasteiger partial charge in [-0.05, 0) is 69.0 Å². The molecule has 0 radical (unpaired) electrons. The summed E-state index contributed by atoms with van der Waals surface area (Å²) in [6.45, 7) is 2.18. The lowest BCUT2D eigenvalue weighted by atomic mass is 10.1. The third-order valence-electron chi connectivity index (χ3n) is 6.55. The number of ether oxygens (including phenoxy) is 1. The molecule has 2 aliphatic rings. The quantitative estimate of drug-likeness (QED) is 0.144. The molecule has 41 heavy (non-hydrogen) atoms. The van der Waals surface area contributed by atoms with Gasteiger partial charge in [-0.1, -0.05) is 23.7 Å². The second kappa shape index (κ2) is 15.9. The number of nitrogens with one attached hydrogen (secondary N) is 4. The Morgan fingerprint density at radius 3 is 2.34 bits per heavy atom. The van der Waals surface area contributed by atoms with E-state index in [0.29, 0.717) is 58.2 Å². The van der Waals surface area contributed by atoms with Crippen LogP contribution < -0.4 is 21.3 Å². The van der Waals surface area contributed by atoms with Gasteiger partial charge in [-0.2, -0.15) is 0 Å². The Kier molecular flexibility index (Phi) is 12.4. The van der Waals surface area contributed by atoms with Gasteiger partial charge in [-0.15, -0.1) is 0 Å². The minimum absolute atomic E-state index is 0.130. The van der Waals surface area contributed by atoms with Crippen LogP contribution in [0.15, 0.2) is 59.9 Å². The van der Waals surface area contributed by atoms with E-state index in [9.17, 15) is 19.5 Å². The SMILES string of the molecule is CN(C)CC1CCCO1.CN/C=C\C(NCC(O)c1cccc(Cl)c1)=C(/C=O)C1Nc2cc(C=O)c(C=O)cc2N1. The lowest BCUT2D eigenvalue weighted by Gasteiger charge is -2.19. The van der Waals surface area contributed by atoms with Crippen LogP contribution in [0.3, 0.4) is 0 Å². The molecule has 1 saturated heterocycles. The molecule has 0 amide bonds. The third-order valence-corrected chi connectivity index (χ3v) is 6.79. The average Bonchev–Trinajstić information content (AvgIpc) is 3.62.